The molecular weight excluding hydrogens is 382 g/mol. The van der Waals surface area contributed by atoms with Gasteiger partial charge in [-0.05, 0) is 52.2 Å². The first-order valence-electron chi connectivity index (χ1n) is 10.6. The van der Waals surface area contributed by atoms with Crippen molar-refractivity contribution >= 4 is 17.9 Å². The third-order valence-corrected chi connectivity index (χ3v) is 4.51. The Morgan fingerprint density at radius 1 is 1.03 bits per heavy atom. The van der Waals surface area contributed by atoms with Gasteiger partial charge in [0.05, 0.1) is 0 Å². The summed E-state index contributed by atoms with van der Waals surface area (Å²) in [5.74, 6) is -0.381. The Morgan fingerprint density at radius 3 is 2.13 bits per heavy atom. The number of carbonyl (C=O) groups is 3. The summed E-state index contributed by atoms with van der Waals surface area (Å²) in [7, 11) is 0. The lowest BCUT2D eigenvalue weighted by atomic mass is 10.0. The van der Waals surface area contributed by atoms with E-state index in [1.54, 1.807) is 32.9 Å². The first-order valence-corrected chi connectivity index (χ1v) is 10.6. The fourth-order valence-corrected chi connectivity index (χ4v) is 2.75. The molecule has 3 N–H and O–H groups in total. The van der Waals surface area contributed by atoms with E-state index in [0.717, 1.165) is 12.0 Å². The minimum Gasteiger partial charge on any atom is -0.444 e. The Hall–Kier alpha value is -2.57. The van der Waals surface area contributed by atoms with Gasteiger partial charge in [-0.3, -0.25) is 9.59 Å². The van der Waals surface area contributed by atoms with E-state index in [2.05, 4.69) is 16.0 Å². The van der Waals surface area contributed by atoms with Crippen LogP contribution in [0, 0.1) is 12.8 Å². The van der Waals surface area contributed by atoms with Crippen LogP contribution in [0.5, 0.6) is 0 Å². The van der Waals surface area contributed by atoms with Crippen molar-refractivity contribution in [3.8, 4) is 0 Å². The smallest absolute Gasteiger partial charge is 0.408 e. The summed E-state index contributed by atoms with van der Waals surface area (Å²) in [6.07, 6.45) is 0.598. The first-order chi connectivity index (χ1) is 13.9. The molecular formula is C23H37N3O4. The van der Waals surface area contributed by atoms with Crippen LogP contribution in [0.15, 0.2) is 24.3 Å². The second kappa shape index (κ2) is 11.6. The lowest BCUT2D eigenvalue weighted by molar-refractivity contribution is -0.124. The molecule has 2 unspecified atom stereocenters. The predicted octanol–water partition coefficient (Wildman–Crippen LogP) is 3.56. The zero-order chi connectivity index (χ0) is 22.9. The standard InChI is InChI=1S/C23H37N3O4/c1-8-9-18(26-22(29)30-23(5,6)7)21(28)25-19(15(2)3)14-24-20(27)17-12-10-16(4)11-13-17/h10-13,15,18-19H,8-9,14H2,1-7H3,(H,24,27)(H,25,28)(H,26,29). The topological polar surface area (TPSA) is 96.5 Å². The highest BCUT2D eigenvalue weighted by Gasteiger charge is 2.26. The van der Waals surface area contributed by atoms with E-state index < -0.39 is 17.7 Å². The highest BCUT2D eigenvalue weighted by Crippen LogP contribution is 2.09. The van der Waals surface area contributed by atoms with Crippen LogP contribution in [0.4, 0.5) is 4.79 Å². The third kappa shape index (κ3) is 9.29. The quantitative estimate of drug-likeness (QED) is 0.570. The zero-order valence-corrected chi connectivity index (χ0v) is 19.3. The zero-order valence-electron chi connectivity index (χ0n) is 19.3. The minimum atomic E-state index is -0.695. The number of alkyl carbamates (subject to hydrolysis) is 1. The van der Waals surface area contributed by atoms with Gasteiger partial charge in [0.25, 0.3) is 5.91 Å². The average molecular weight is 420 g/mol. The van der Waals surface area contributed by atoms with Crippen LogP contribution in [0.1, 0.15) is 70.3 Å². The van der Waals surface area contributed by atoms with Crippen molar-refractivity contribution in [2.45, 2.75) is 79.0 Å². The fourth-order valence-electron chi connectivity index (χ4n) is 2.75. The number of rotatable bonds is 9. The highest BCUT2D eigenvalue weighted by molar-refractivity contribution is 5.94. The number of hydrogen-bond acceptors (Lipinski definition) is 4. The van der Waals surface area contributed by atoms with Gasteiger partial charge in [-0.2, -0.15) is 0 Å². The van der Waals surface area contributed by atoms with Crippen LogP contribution >= 0.6 is 0 Å². The molecule has 168 valence electrons. The molecule has 0 saturated carbocycles. The maximum absolute atomic E-state index is 12.8. The van der Waals surface area contributed by atoms with E-state index in [0.29, 0.717) is 18.5 Å². The summed E-state index contributed by atoms with van der Waals surface area (Å²) in [6, 6.07) is 6.35. The Kier molecular flexibility index (Phi) is 9.82. The summed E-state index contributed by atoms with van der Waals surface area (Å²) in [5, 5.41) is 8.50. The van der Waals surface area contributed by atoms with Gasteiger partial charge < -0.3 is 20.7 Å². The molecule has 0 aromatic heterocycles. The van der Waals surface area contributed by atoms with Crippen LogP contribution in [-0.4, -0.2) is 42.1 Å². The van der Waals surface area contributed by atoms with E-state index >= 15 is 0 Å². The Bertz CT molecular complexity index is 708. The molecule has 3 amide bonds. The lowest BCUT2D eigenvalue weighted by Gasteiger charge is -2.27. The van der Waals surface area contributed by atoms with Gasteiger partial charge in [0.2, 0.25) is 5.91 Å². The summed E-state index contributed by atoms with van der Waals surface area (Å²) in [6.45, 7) is 13.5. The lowest BCUT2D eigenvalue weighted by Crippen LogP contribution is -2.54. The predicted molar refractivity (Wildman–Crippen MR) is 118 cm³/mol. The summed E-state index contributed by atoms with van der Waals surface area (Å²) >= 11 is 0. The maximum Gasteiger partial charge on any atom is 0.408 e. The number of ether oxygens (including phenoxy) is 1. The Balaban J connectivity index is 2.71. The third-order valence-electron chi connectivity index (χ3n) is 4.51. The number of amides is 3. The second-order valence-corrected chi connectivity index (χ2v) is 8.92. The number of nitrogens with one attached hydrogen (secondary N) is 3. The van der Waals surface area contributed by atoms with Crippen molar-refractivity contribution in [1.29, 1.82) is 0 Å². The van der Waals surface area contributed by atoms with E-state index in [9.17, 15) is 14.4 Å². The van der Waals surface area contributed by atoms with E-state index in [1.807, 2.05) is 39.8 Å². The minimum absolute atomic E-state index is 0.0936. The molecule has 0 radical (unpaired) electrons. The molecule has 0 aliphatic heterocycles. The van der Waals surface area contributed by atoms with Crippen LogP contribution in [-0.2, 0) is 9.53 Å². The first kappa shape index (κ1) is 25.5. The van der Waals surface area contributed by atoms with Gasteiger partial charge in [0.15, 0.2) is 0 Å². The van der Waals surface area contributed by atoms with Crippen molar-refractivity contribution < 1.29 is 19.1 Å². The molecule has 0 spiro atoms. The molecule has 1 rings (SSSR count). The van der Waals surface area contributed by atoms with Crippen molar-refractivity contribution in [3.05, 3.63) is 35.4 Å². The SMILES string of the molecule is CCCC(NC(=O)OC(C)(C)C)C(=O)NC(CNC(=O)c1ccc(C)cc1)C(C)C. The molecule has 1 aromatic rings. The fraction of sp³-hybridized carbons (Fsp3) is 0.609. The normalized spacial score (nSPS) is 13.3. The second-order valence-electron chi connectivity index (χ2n) is 8.92. The Morgan fingerprint density at radius 2 is 1.63 bits per heavy atom. The number of hydrogen-bond donors (Lipinski definition) is 3. The summed E-state index contributed by atoms with van der Waals surface area (Å²) in [4.78, 5) is 37.3. The van der Waals surface area contributed by atoms with Crippen molar-refractivity contribution in [2.75, 3.05) is 6.54 Å². The van der Waals surface area contributed by atoms with Gasteiger partial charge in [-0.15, -0.1) is 0 Å². The van der Waals surface area contributed by atoms with Gasteiger partial charge in [0.1, 0.15) is 11.6 Å². The van der Waals surface area contributed by atoms with Gasteiger partial charge in [-0.25, -0.2) is 4.79 Å². The Labute approximate surface area is 180 Å². The molecule has 7 nitrogen and oxygen atoms in total. The summed E-state index contributed by atoms with van der Waals surface area (Å²) < 4.78 is 5.27. The van der Waals surface area contributed by atoms with E-state index in [4.69, 9.17) is 4.74 Å². The largest absolute Gasteiger partial charge is 0.444 e. The monoisotopic (exact) mass is 419 g/mol. The van der Waals surface area contributed by atoms with Gasteiger partial charge >= 0.3 is 6.09 Å². The van der Waals surface area contributed by atoms with Crippen LogP contribution in [0.3, 0.4) is 0 Å². The molecule has 0 aliphatic rings. The molecule has 2 atom stereocenters. The van der Waals surface area contributed by atoms with Crippen molar-refractivity contribution in [3.63, 3.8) is 0 Å². The molecule has 1 aromatic carbocycles. The average Bonchev–Trinajstić information content (AvgIpc) is 2.63. The molecule has 0 saturated heterocycles. The van der Waals surface area contributed by atoms with E-state index in [-0.39, 0.29) is 23.8 Å². The van der Waals surface area contributed by atoms with Crippen molar-refractivity contribution in [2.24, 2.45) is 5.92 Å². The molecule has 0 bridgehead atoms. The van der Waals surface area contributed by atoms with Crippen LogP contribution in [0.2, 0.25) is 0 Å². The molecule has 0 fully saturated rings. The highest BCUT2D eigenvalue weighted by atomic mass is 16.6. The maximum atomic E-state index is 12.8. The molecule has 7 heteroatoms. The van der Waals surface area contributed by atoms with Gasteiger partial charge in [-0.1, -0.05) is 44.9 Å². The van der Waals surface area contributed by atoms with Crippen molar-refractivity contribution in [1.82, 2.24) is 16.0 Å². The number of carbonyl (C=O) groups excluding carboxylic acids is 3. The molecule has 0 aliphatic carbocycles. The molecule has 0 heterocycles. The van der Waals surface area contributed by atoms with E-state index in [1.165, 1.54) is 0 Å². The molecule has 30 heavy (non-hydrogen) atoms. The summed E-state index contributed by atoms with van der Waals surface area (Å²) in [5.41, 5.74) is 1.01. The van der Waals surface area contributed by atoms with Crippen LogP contribution < -0.4 is 16.0 Å². The van der Waals surface area contributed by atoms with Crippen LogP contribution in [0.25, 0.3) is 0 Å². The number of benzene rings is 1. The van der Waals surface area contributed by atoms with Gasteiger partial charge in [0, 0.05) is 18.2 Å². The number of aryl methyl sites for hydroxylation is 1.